The number of carbonyl (C=O) groups excluding carboxylic acids is 1. The van der Waals surface area contributed by atoms with Crippen molar-refractivity contribution in [3.63, 3.8) is 0 Å². The minimum absolute atomic E-state index is 0.0652. The van der Waals surface area contributed by atoms with Crippen LogP contribution in [0.1, 0.15) is 11.1 Å². The molecule has 2 aromatic rings. The molecule has 11 heteroatoms. The number of rotatable bonds is 6. The van der Waals surface area contributed by atoms with Crippen molar-refractivity contribution < 1.29 is 33.8 Å². The zero-order valence-electron chi connectivity index (χ0n) is 14.7. The number of hydrogen-bond acceptors (Lipinski definition) is 8. The number of nitriles is 1. The van der Waals surface area contributed by atoms with E-state index in [0.717, 1.165) is 25.3 Å². The monoisotopic (exact) mass is 422 g/mol. The first-order valence-electron chi connectivity index (χ1n) is 7.69. The zero-order valence-corrected chi connectivity index (χ0v) is 15.4. The SMILES string of the molecule is COc1cc(/C(O)=C(\C#N)C(=O)OCc2cc(Cl)ccc2F)cc([N+](=O)[O-])c1O. The van der Waals surface area contributed by atoms with Crippen LogP contribution in [0.25, 0.3) is 5.76 Å². The van der Waals surface area contributed by atoms with Gasteiger partial charge in [-0.25, -0.2) is 9.18 Å². The number of nitrogens with zero attached hydrogens (tertiary/aromatic N) is 2. The van der Waals surface area contributed by atoms with Gasteiger partial charge in [-0.2, -0.15) is 5.26 Å². The molecule has 0 radical (unpaired) electrons. The van der Waals surface area contributed by atoms with E-state index in [4.69, 9.17) is 21.1 Å². The van der Waals surface area contributed by atoms with Crippen molar-refractivity contribution in [3.8, 4) is 17.6 Å². The quantitative estimate of drug-likeness (QED) is 0.179. The van der Waals surface area contributed by atoms with Gasteiger partial charge >= 0.3 is 11.7 Å². The van der Waals surface area contributed by atoms with Gasteiger partial charge in [0.1, 0.15) is 24.3 Å². The summed E-state index contributed by atoms with van der Waals surface area (Å²) in [5.74, 6) is -4.13. The molecule has 9 nitrogen and oxygen atoms in total. The maximum Gasteiger partial charge on any atom is 0.353 e. The van der Waals surface area contributed by atoms with Crippen LogP contribution in [0.15, 0.2) is 35.9 Å². The smallest absolute Gasteiger partial charge is 0.353 e. The summed E-state index contributed by atoms with van der Waals surface area (Å²) in [6.07, 6.45) is 0. The standard InChI is InChI=1S/C18H12ClFN2O7/c1-28-15-6-9(5-14(17(15)24)22(26)27)16(23)12(7-21)18(25)29-8-10-4-11(19)2-3-13(10)20/h2-6,23-24H,8H2,1H3/b16-12-. The maximum atomic E-state index is 13.7. The predicted octanol–water partition coefficient (Wildman–Crippen LogP) is 3.64. The minimum atomic E-state index is -1.31. The molecule has 0 saturated carbocycles. The topological polar surface area (TPSA) is 143 Å². The Bertz CT molecular complexity index is 1060. The van der Waals surface area contributed by atoms with E-state index in [1.54, 1.807) is 0 Å². The molecule has 0 atom stereocenters. The number of methoxy groups -OCH3 is 1. The highest BCUT2D eigenvalue weighted by atomic mass is 35.5. The number of aliphatic hydroxyl groups excluding tert-OH is 1. The number of aliphatic hydroxyl groups is 1. The Kier molecular flexibility index (Phi) is 6.59. The summed E-state index contributed by atoms with van der Waals surface area (Å²) in [7, 11) is 1.11. The summed E-state index contributed by atoms with van der Waals surface area (Å²) in [6.45, 7) is -0.581. The molecule has 2 aromatic carbocycles. The van der Waals surface area contributed by atoms with E-state index < -0.39 is 46.1 Å². The van der Waals surface area contributed by atoms with Crippen LogP contribution >= 0.6 is 11.6 Å². The van der Waals surface area contributed by atoms with Crippen LogP contribution in [-0.2, 0) is 16.1 Å². The van der Waals surface area contributed by atoms with Crippen molar-refractivity contribution in [3.05, 3.63) is 68.0 Å². The minimum Gasteiger partial charge on any atom is -0.506 e. The molecule has 0 heterocycles. The van der Waals surface area contributed by atoms with Crippen LogP contribution < -0.4 is 4.74 Å². The van der Waals surface area contributed by atoms with Crippen LogP contribution in [0.4, 0.5) is 10.1 Å². The molecule has 0 amide bonds. The summed E-state index contributed by atoms with van der Waals surface area (Å²) in [6, 6.07) is 6.72. The lowest BCUT2D eigenvalue weighted by Gasteiger charge is -2.09. The van der Waals surface area contributed by atoms with Crippen LogP contribution in [0.2, 0.25) is 5.02 Å². The van der Waals surface area contributed by atoms with Gasteiger partial charge in [0.2, 0.25) is 5.75 Å². The predicted molar refractivity (Wildman–Crippen MR) is 97.7 cm³/mol. The van der Waals surface area contributed by atoms with Crippen molar-refractivity contribution in [2.75, 3.05) is 7.11 Å². The van der Waals surface area contributed by atoms with Crippen LogP contribution in [0.3, 0.4) is 0 Å². The highest BCUT2D eigenvalue weighted by Gasteiger charge is 2.25. The molecular formula is C18H12ClFN2O7. The number of esters is 1. The van der Waals surface area contributed by atoms with Gasteiger partial charge in [0, 0.05) is 22.2 Å². The molecule has 29 heavy (non-hydrogen) atoms. The number of benzene rings is 2. The van der Waals surface area contributed by atoms with E-state index in [9.17, 15) is 34.8 Å². The molecular weight excluding hydrogens is 411 g/mol. The van der Waals surface area contributed by atoms with Gasteiger partial charge in [0.15, 0.2) is 11.3 Å². The number of phenols is 1. The summed E-state index contributed by atoms with van der Waals surface area (Å²) >= 11 is 5.74. The molecule has 0 aliphatic carbocycles. The van der Waals surface area contributed by atoms with Gasteiger partial charge in [0.25, 0.3) is 0 Å². The number of hydrogen-bond donors (Lipinski definition) is 2. The molecule has 150 valence electrons. The van der Waals surface area contributed by atoms with Crippen molar-refractivity contribution in [1.82, 2.24) is 0 Å². The second-order valence-corrected chi connectivity index (χ2v) is 5.89. The Hall–Kier alpha value is -3.84. The van der Waals surface area contributed by atoms with Crippen LogP contribution in [0.5, 0.6) is 11.5 Å². The van der Waals surface area contributed by atoms with Crippen LogP contribution in [-0.4, -0.2) is 28.2 Å². The van der Waals surface area contributed by atoms with Gasteiger partial charge in [-0.15, -0.1) is 0 Å². The van der Waals surface area contributed by atoms with Crippen molar-refractivity contribution >= 4 is 29.0 Å². The molecule has 0 aliphatic heterocycles. The first-order valence-corrected chi connectivity index (χ1v) is 8.07. The molecule has 2 N–H and O–H groups in total. The number of phenolic OH excluding ortho intramolecular Hbond substituents is 1. The lowest BCUT2D eigenvalue weighted by Crippen LogP contribution is -2.10. The largest absolute Gasteiger partial charge is 0.506 e. The van der Waals surface area contributed by atoms with E-state index >= 15 is 0 Å². The molecule has 0 unspecified atom stereocenters. The summed E-state index contributed by atoms with van der Waals surface area (Å²) < 4.78 is 23.3. The van der Waals surface area contributed by atoms with Gasteiger partial charge < -0.3 is 19.7 Å². The Morgan fingerprint density at radius 2 is 2.07 bits per heavy atom. The van der Waals surface area contributed by atoms with Gasteiger partial charge in [-0.1, -0.05) is 11.6 Å². The van der Waals surface area contributed by atoms with E-state index in [2.05, 4.69) is 0 Å². The average molecular weight is 423 g/mol. The molecule has 0 spiro atoms. The molecule has 2 rings (SSSR count). The third kappa shape index (κ3) is 4.72. The van der Waals surface area contributed by atoms with Gasteiger partial charge in [-0.3, -0.25) is 10.1 Å². The number of ether oxygens (including phenoxy) is 2. The van der Waals surface area contributed by atoms with E-state index in [1.807, 2.05) is 0 Å². The Labute approximate surface area is 167 Å². The fraction of sp³-hybridized carbons (Fsp3) is 0.111. The van der Waals surface area contributed by atoms with E-state index in [1.165, 1.54) is 18.2 Å². The highest BCUT2D eigenvalue weighted by molar-refractivity contribution is 6.30. The van der Waals surface area contributed by atoms with E-state index in [-0.39, 0.29) is 21.9 Å². The Balaban J connectivity index is 2.39. The maximum absolute atomic E-state index is 13.7. The van der Waals surface area contributed by atoms with Crippen molar-refractivity contribution in [2.24, 2.45) is 0 Å². The number of carbonyl (C=O) groups is 1. The second-order valence-electron chi connectivity index (χ2n) is 5.45. The fourth-order valence-corrected chi connectivity index (χ4v) is 2.43. The van der Waals surface area contributed by atoms with Crippen LogP contribution in [0, 0.1) is 27.3 Å². The summed E-state index contributed by atoms with van der Waals surface area (Å²) in [5.41, 5.74) is -2.13. The molecule has 0 fully saturated rings. The number of nitro benzene ring substituents is 1. The first kappa shape index (κ1) is 21.5. The van der Waals surface area contributed by atoms with Gasteiger partial charge in [-0.05, 0) is 24.3 Å². The van der Waals surface area contributed by atoms with Crippen molar-refractivity contribution in [1.29, 1.82) is 5.26 Å². The Morgan fingerprint density at radius 3 is 2.66 bits per heavy atom. The zero-order chi connectivity index (χ0) is 21.7. The fourth-order valence-electron chi connectivity index (χ4n) is 2.23. The molecule has 0 bridgehead atoms. The Morgan fingerprint density at radius 1 is 1.38 bits per heavy atom. The molecule has 0 aromatic heterocycles. The number of halogens is 2. The third-order valence-corrected chi connectivity index (χ3v) is 3.90. The lowest BCUT2D eigenvalue weighted by atomic mass is 10.1. The molecule has 0 saturated heterocycles. The average Bonchev–Trinajstić information content (AvgIpc) is 2.69. The normalized spacial score (nSPS) is 11.2. The van der Waals surface area contributed by atoms with Gasteiger partial charge in [0.05, 0.1) is 12.0 Å². The molecule has 0 aliphatic rings. The lowest BCUT2D eigenvalue weighted by molar-refractivity contribution is -0.386. The summed E-state index contributed by atoms with van der Waals surface area (Å²) in [4.78, 5) is 22.3. The van der Waals surface area contributed by atoms with Crippen molar-refractivity contribution in [2.45, 2.75) is 6.61 Å². The number of nitro groups is 1. The second kappa shape index (κ2) is 8.90. The van der Waals surface area contributed by atoms with E-state index in [0.29, 0.717) is 0 Å². The summed E-state index contributed by atoms with van der Waals surface area (Å²) in [5, 5.41) is 40.5. The first-order chi connectivity index (χ1) is 13.7. The third-order valence-electron chi connectivity index (χ3n) is 3.66. The highest BCUT2D eigenvalue weighted by Crippen LogP contribution is 2.38. The number of aromatic hydroxyl groups is 1.